The Bertz CT molecular complexity index is 633. The Morgan fingerprint density at radius 2 is 2.11 bits per heavy atom. The summed E-state index contributed by atoms with van der Waals surface area (Å²) in [7, 11) is 1.55. The monoisotopic (exact) mass is 302 g/mol. The van der Waals surface area contributed by atoms with Crippen molar-refractivity contribution in [1.29, 1.82) is 0 Å². The summed E-state index contributed by atoms with van der Waals surface area (Å²) in [5, 5.41) is 2.91. The molecule has 0 bridgehead atoms. The van der Waals surface area contributed by atoms with E-state index in [1.807, 2.05) is 0 Å². The van der Waals surface area contributed by atoms with E-state index in [-0.39, 0.29) is 22.9 Å². The van der Waals surface area contributed by atoms with Crippen LogP contribution in [0.3, 0.4) is 0 Å². The smallest absolute Gasteiger partial charge is 0.268 e. The zero-order valence-electron chi connectivity index (χ0n) is 10.5. The quantitative estimate of drug-likeness (QED) is 0.864. The molecular formula is C12H15ClN2O3S. The highest BCUT2D eigenvalue weighted by Crippen LogP contribution is 2.38. The summed E-state index contributed by atoms with van der Waals surface area (Å²) < 4.78 is 24.5. The second kappa shape index (κ2) is 4.24. The molecule has 2 unspecified atom stereocenters. The minimum Gasteiger partial charge on any atom is -0.348 e. The van der Waals surface area contributed by atoms with Crippen molar-refractivity contribution in [3.63, 3.8) is 0 Å². The van der Waals surface area contributed by atoms with Gasteiger partial charge in [-0.3, -0.25) is 4.79 Å². The summed E-state index contributed by atoms with van der Waals surface area (Å²) >= 11 is 0. The number of nitrogens with zero attached hydrogens (tertiary/aromatic N) is 1. The van der Waals surface area contributed by atoms with Crippen molar-refractivity contribution in [2.24, 2.45) is 5.92 Å². The van der Waals surface area contributed by atoms with E-state index in [4.69, 9.17) is 10.7 Å². The summed E-state index contributed by atoms with van der Waals surface area (Å²) in [4.78, 5) is 12.2. The maximum Gasteiger partial charge on any atom is 0.268 e. The minimum absolute atomic E-state index is 0.00457. The van der Waals surface area contributed by atoms with E-state index in [0.717, 1.165) is 19.3 Å². The fraction of sp³-hybridized carbons (Fsp3) is 0.583. The first-order chi connectivity index (χ1) is 8.86. The first-order valence-corrected chi connectivity index (χ1v) is 8.64. The van der Waals surface area contributed by atoms with Gasteiger partial charge < -0.3 is 9.88 Å². The van der Waals surface area contributed by atoms with Crippen LogP contribution < -0.4 is 5.32 Å². The molecule has 2 aliphatic carbocycles. The molecule has 1 N–H and O–H groups in total. The summed E-state index contributed by atoms with van der Waals surface area (Å²) in [5.41, 5.74) is 0.390. The van der Waals surface area contributed by atoms with Crippen LogP contribution in [0.4, 0.5) is 0 Å². The molecule has 104 valence electrons. The molecule has 1 aromatic rings. The zero-order valence-corrected chi connectivity index (χ0v) is 12.0. The van der Waals surface area contributed by atoms with Crippen LogP contribution in [0.5, 0.6) is 0 Å². The van der Waals surface area contributed by atoms with Crippen LogP contribution in [0.2, 0.25) is 0 Å². The van der Waals surface area contributed by atoms with Gasteiger partial charge in [-0.15, -0.1) is 0 Å². The highest BCUT2D eigenvalue weighted by molar-refractivity contribution is 8.13. The van der Waals surface area contributed by atoms with Crippen LogP contribution in [-0.4, -0.2) is 24.9 Å². The topological polar surface area (TPSA) is 68.2 Å². The van der Waals surface area contributed by atoms with Crippen LogP contribution in [0.15, 0.2) is 17.2 Å². The highest BCUT2D eigenvalue weighted by Gasteiger charge is 2.36. The second-order valence-electron chi connectivity index (χ2n) is 5.43. The lowest BCUT2D eigenvalue weighted by Gasteiger charge is -2.07. The normalized spacial score (nSPS) is 26.2. The fourth-order valence-electron chi connectivity index (χ4n) is 2.19. The average Bonchev–Trinajstić information content (AvgIpc) is 3.20. The van der Waals surface area contributed by atoms with Gasteiger partial charge in [-0.25, -0.2) is 8.42 Å². The van der Waals surface area contributed by atoms with Gasteiger partial charge in [0.15, 0.2) is 0 Å². The summed E-state index contributed by atoms with van der Waals surface area (Å²) in [6.07, 6.45) is 4.38. The molecule has 2 fully saturated rings. The van der Waals surface area contributed by atoms with Gasteiger partial charge in [0.05, 0.1) is 0 Å². The maximum absolute atomic E-state index is 12.2. The van der Waals surface area contributed by atoms with Gasteiger partial charge in [0.25, 0.3) is 15.0 Å². The van der Waals surface area contributed by atoms with E-state index in [9.17, 15) is 13.2 Å². The SMILES string of the molecule is CC1CC1NC(=O)c1cc(S(=O)(=O)Cl)cn1C1CC1. The third kappa shape index (κ3) is 2.65. The van der Waals surface area contributed by atoms with Crippen molar-refractivity contribution in [1.82, 2.24) is 9.88 Å². The van der Waals surface area contributed by atoms with Gasteiger partial charge >= 0.3 is 0 Å². The largest absolute Gasteiger partial charge is 0.348 e. The number of aromatic nitrogens is 1. The lowest BCUT2D eigenvalue weighted by atomic mass is 10.3. The number of nitrogens with one attached hydrogen (secondary N) is 1. The number of hydrogen-bond donors (Lipinski definition) is 1. The number of carbonyl (C=O) groups is 1. The molecule has 19 heavy (non-hydrogen) atoms. The number of rotatable bonds is 4. The third-order valence-corrected chi connectivity index (χ3v) is 5.02. The molecule has 3 rings (SSSR count). The molecular weight excluding hydrogens is 288 g/mol. The van der Waals surface area contributed by atoms with Crippen molar-refractivity contribution >= 4 is 25.6 Å². The third-order valence-electron chi connectivity index (χ3n) is 3.70. The molecule has 2 atom stereocenters. The van der Waals surface area contributed by atoms with Crippen molar-refractivity contribution in [2.45, 2.75) is 43.2 Å². The van der Waals surface area contributed by atoms with Crippen molar-refractivity contribution < 1.29 is 13.2 Å². The Morgan fingerprint density at radius 3 is 2.58 bits per heavy atom. The first-order valence-electron chi connectivity index (χ1n) is 6.33. The molecule has 7 heteroatoms. The summed E-state index contributed by atoms with van der Waals surface area (Å²) in [6, 6.07) is 1.80. The van der Waals surface area contributed by atoms with Gasteiger partial charge in [-0.05, 0) is 31.2 Å². The summed E-state index contributed by atoms with van der Waals surface area (Å²) in [6.45, 7) is 2.07. The molecule has 2 saturated carbocycles. The Hall–Kier alpha value is -1.01. The molecule has 0 spiro atoms. The van der Waals surface area contributed by atoms with E-state index in [2.05, 4.69) is 12.2 Å². The molecule has 0 aliphatic heterocycles. The number of hydrogen-bond acceptors (Lipinski definition) is 3. The van der Waals surface area contributed by atoms with Crippen LogP contribution in [0.1, 0.15) is 42.7 Å². The first kappa shape index (κ1) is 13.0. The fourth-order valence-corrected chi connectivity index (χ4v) is 2.93. The molecule has 5 nitrogen and oxygen atoms in total. The molecule has 2 aliphatic rings. The molecule has 1 aromatic heterocycles. The number of halogens is 1. The van der Waals surface area contributed by atoms with E-state index >= 15 is 0 Å². The molecule has 1 heterocycles. The minimum atomic E-state index is -3.80. The average molecular weight is 303 g/mol. The Kier molecular flexibility index (Phi) is 2.90. The molecule has 0 saturated heterocycles. The van der Waals surface area contributed by atoms with Gasteiger partial charge in [0.1, 0.15) is 10.6 Å². The lowest BCUT2D eigenvalue weighted by Crippen LogP contribution is -2.28. The van der Waals surface area contributed by atoms with Crippen LogP contribution in [-0.2, 0) is 9.05 Å². The van der Waals surface area contributed by atoms with E-state index < -0.39 is 9.05 Å². The Morgan fingerprint density at radius 1 is 1.47 bits per heavy atom. The van der Waals surface area contributed by atoms with Crippen molar-refractivity contribution in [3.05, 3.63) is 18.0 Å². The highest BCUT2D eigenvalue weighted by atomic mass is 35.7. The van der Waals surface area contributed by atoms with Crippen molar-refractivity contribution in [3.8, 4) is 0 Å². The molecule has 0 aromatic carbocycles. The van der Waals surface area contributed by atoms with Gasteiger partial charge in [0, 0.05) is 29.0 Å². The zero-order chi connectivity index (χ0) is 13.8. The predicted octanol–water partition coefficient (Wildman–Crippen LogP) is 1.89. The standard InChI is InChI=1S/C12H15ClN2O3S/c1-7-4-10(7)14-12(16)11-5-9(19(13,17)18)6-15(11)8-2-3-8/h5-8,10H,2-4H2,1H3,(H,14,16). The van der Waals surface area contributed by atoms with Crippen molar-refractivity contribution in [2.75, 3.05) is 0 Å². The molecule has 1 amide bonds. The predicted molar refractivity (Wildman–Crippen MR) is 70.8 cm³/mol. The summed E-state index contributed by atoms with van der Waals surface area (Å²) in [5.74, 6) is 0.289. The second-order valence-corrected chi connectivity index (χ2v) is 8.00. The van der Waals surface area contributed by atoms with Crippen LogP contribution in [0, 0.1) is 5.92 Å². The van der Waals surface area contributed by atoms with Gasteiger partial charge in [-0.2, -0.15) is 0 Å². The van der Waals surface area contributed by atoms with E-state index in [1.54, 1.807) is 4.57 Å². The van der Waals surface area contributed by atoms with E-state index in [1.165, 1.54) is 12.3 Å². The van der Waals surface area contributed by atoms with Gasteiger partial charge in [-0.1, -0.05) is 6.92 Å². The van der Waals surface area contributed by atoms with Crippen LogP contribution >= 0.6 is 10.7 Å². The lowest BCUT2D eigenvalue weighted by molar-refractivity contribution is 0.0940. The Balaban J connectivity index is 1.90. The maximum atomic E-state index is 12.2. The Labute approximate surface area is 116 Å². The number of amides is 1. The number of carbonyl (C=O) groups excluding carboxylic acids is 1. The van der Waals surface area contributed by atoms with E-state index in [0.29, 0.717) is 11.6 Å². The van der Waals surface area contributed by atoms with Gasteiger partial charge in [0.2, 0.25) is 0 Å². The van der Waals surface area contributed by atoms with Crippen LogP contribution in [0.25, 0.3) is 0 Å². The molecule has 0 radical (unpaired) electrons.